The van der Waals surface area contributed by atoms with Gasteiger partial charge in [-0.3, -0.25) is 0 Å². The molecule has 1 fully saturated rings. The van der Waals surface area contributed by atoms with E-state index >= 15 is 0 Å². The van der Waals surface area contributed by atoms with E-state index in [1.165, 1.54) is 53.2 Å². The summed E-state index contributed by atoms with van der Waals surface area (Å²) in [4.78, 5) is 0. The minimum absolute atomic E-state index is 0.537. The second-order valence-electron chi connectivity index (χ2n) is 5.50. The van der Waals surface area contributed by atoms with Gasteiger partial charge < -0.3 is 5.32 Å². The van der Waals surface area contributed by atoms with E-state index in [9.17, 15) is 0 Å². The molecule has 1 unspecified atom stereocenters. The molecule has 1 aromatic carbocycles. The number of rotatable bonds is 3. The fourth-order valence-corrected chi connectivity index (χ4v) is 3.89. The van der Waals surface area contributed by atoms with Crippen LogP contribution in [-0.4, -0.2) is 7.05 Å². The second kappa shape index (κ2) is 6.90. The summed E-state index contributed by atoms with van der Waals surface area (Å²) >= 11 is 2.51. The summed E-state index contributed by atoms with van der Waals surface area (Å²) in [5, 5.41) is 3.58. The number of halogens is 1. The zero-order chi connectivity index (χ0) is 13.0. The van der Waals surface area contributed by atoms with Crippen molar-refractivity contribution < 1.29 is 0 Å². The lowest BCUT2D eigenvalue weighted by atomic mass is 9.87. The van der Waals surface area contributed by atoms with Gasteiger partial charge in [-0.05, 0) is 66.4 Å². The van der Waals surface area contributed by atoms with E-state index in [-0.39, 0.29) is 0 Å². The summed E-state index contributed by atoms with van der Waals surface area (Å²) in [6, 6.07) is 7.26. The highest BCUT2D eigenvalue weighted by Gasteiger charge is 2.24. The molecular weight excluding hydrogens is 333 g/mol. The Hall–Kier alpha value is -0.0900. The van der Waals surface area contributed by atoms with Gasteiger partial charge in [0.15, 0.2) is 0 Å². The first-order valence-corrected chi connectivity index (χ1v) is 8.24. The fraction of sp³-hybridized carbons (Fsp3) is 0.625. The predicted octanol–water partition coefficient (Wildman–Crippen LogP) is 4.83. The lowest BCUT2D eigenvalue weighted by molar-refractivity contribution is 0.340. The van der Waals surface area contributed by atoms with Crippen LogP contribution in [0.4, 0.5) is 0 Å². The van der Waals surface area contributed by atoms with Crippen molar-refractivity contribution in [2.45, 2.75) is 51.5 Å². The third-order valence-electron chi connectivity index (χ3n) is 4.24. The Labute approximate surface area is 125 Å². The van der Waals surface area contributed by atoms with Gasteiger partial charge in [0.05, 0.1) is 0 Å². The van der Waals surface area contributed by atoms with Gasteiger partial charge in [0.2, 0.25) is 0 Å². The van der Waals surface area contributed by atoms with Crippen LogP contribution < -0.4 is 5.32 Å². The summed E-state index contributed by atoms with van der Waals surface area (Å²) in [5.74, 6) is 0.813. The number of nitrogens with one attached hydrogen (secondary N) is 1. The molecule has 1 N–H and O–H groups in total. The van der Waals surface area contributed by atoms with Gasteiger partial charge in [0.25, 0.3) is 0 Å². The molecular formula is C16H24IN. The van der Waals surface area contributed by atoms with Gasteiger partial charge in [0.1, 0.15) is 0 Å². The fourth-order valence-electron chi connectivity index (χ4n) is 3.20. The molecule has 100 valence electrons. The van der Waals surface area contributed by atoms with Gasteiger partial charge in [-0.2, -0.15) is 0 Å². The number of benzene rings is 1. The zero-order valence-electron chi connectivity index (χ0n) is 11.5. The van der Waals surface area contributed by atoms with Crippen LogP contribution >= 0.6 is 22.6 Å². The molecule has 0 aromatic heterocycles. The van der Waals surface area contributed by atoms with Crippen LogP contribution in [0, 0.1) is 16.4 Å². The molecule has 0 radical (unpaired) electrons. The number of hydrogen-bond acceptors (Lipinski definition) is 1. The molecule has 2 heteroatoms. The summed E-state index contributed by atoms with van der Waals surface area (Å²) < 4.78 is 1.44. The molecule has 0 saturated heterocycles. The highest BCUT2D eigenvalue weighted by Crippen LogP contribution is 2.35. The molecule has 0 amide bonds. The molecule has 18 heavy (non-hydrogen) atoms. The van der Waals surface area contributed by atoms with E-state index in [0.717, 1.165) is 5.92 Å². The Morgan fingerprint density at radius 2 is 1.83 bits per heavy atom. The average molecular weight is 357 g/mol. The van der Waals surface area contributed by atoms with Gasteiger partial charge in [-0.15, -0.1) is 0 Å². The minimum Gasteiger partial charge on any atom is -0.313 e. The van der Waals surface area contributed by atoms with E-state index in [1.54, 1.807) is 0 Å². The Morgan fingerprint density at radius 3 is 2.44 bits per heavy atom. The lowest BCUT2D eigenvalue weighted by Crippen LogP contribution is -2.26. The molecule has 0 spiro atoms. The first kappa shape index (κ1) is 14.3. The number of aryl methyl sites for hydroxylation is 1. The minimum atomic E-state index is 0.537. The van der Waals surface area contributed by atoms with Crippen LogP contribution in [-0.2, 0) is 0 Å². The molecule has 1 saturated carbocycles. The summed E-state index contributed by atoms with van der Waals surface area (Å²) in [7, 11) is 2.12. The van der Waals surface area contributed by atoms with Crippen molar-refractivity contribution in [3.8, 4) is 0 Å². The van der Waals surface area contributed by atoms with Gasteiger partial charge in [-0.1, -0.05) is 43.9 Å². The van der Waals surface area contributed by atoms with Crippen LogP contribution in [0.3, 0.4) is 0 Å². The standard InChI is InChI=1S/C16H24IN/c1-12-8-7-11-14(15(12)17)16(18-2)13-9-5-3-4-6-10-13/h7-8,11,13,16,18H,3-6,9-10H2,1-2H3. The highest BCUT2D eigenvalue weighted by atomic mass is 127. The topological polar surface area (TPSA) is 12.0 Å². The van der Waals surface area contributed by atoms with Crippen molar-refractivity contribution in [2.24, 2.45) is 5.92 Å². The maximum Gasteiger partial charge on any atom is 0.0356 e. The highest BCUT2D eigenvalue weighted by molar-refractivity contribution is 14.1. The molecule has 0 bridgehead atoms. The van der Waals surface area contributed by atoms with Crippen molar-refractivity contribution in [3.63, 3.8) is 0 Å². The first-order valence-electron chi connectivity index (χ1n) is 7.16. The van der Waals surface area contributed by atoms with Crippen LogP contribution in [0.1, 0.15) is 55.7 Å². The van der Waals surface area contributed by atoms with E-state index < -0.39 is 0 Å². The summed E-state index contributed by atoms with van der Waals surface area (Å²) in [6.45, 7) is 2.21. The maximum absolute atomic E-state index is 3.58. The Kier molecular flexibility index (Phi) is 5.49. The van der Waals surface area contributed by atoms with E-state index in [0.29, 0.717) is 6.04 Å². The van der Waals surface area contributed by atoms with Crippen molar-refractivity contribution in [3.05, 3.63) is 32.9 Å². The van der Waals surface area contributed by atoms with Crippen molar-refractivity contribution in [1.82, 2.24) is 5.32 Å². The lowest BCUT2D eigenvalue weighted by Gasteiger charge is -2.27. The molecule has 1 aromatic rings. The molecule has 1 atom stereocenters. The van der Waals surface area contributed by atoms with Crippen molar-refractivity contribution in [1.29, 1.82) is 0 Å². The number of hydrogen-bond donors (Lipinski definition) is 1. The SMILES string of the molecule is CNC(c1cccc(C)c1I)C1CCCCCC1. The van der Waals surface area contributed by atoms with E-state index in [1.807, 2.05) is 0 Å². The monoisotopic (exact) mass is 357 g/mol. The zero-order valence-corrected chi connectivity index (χ0v) is 13.7. The maximum atomic E-state index is 3.58. The smallest absolute Gasteiger partial charge is 0.0356 e. The van der Waals surface area contributed by atoms with Crippen LogP contribution in [0.5, 0.6) is 0 Å². The van der Waals surface area contributed by atoms with Gasteiger partial charge in [-0.25, -0.2) is 0 Å². The molecule has 1 aliphatic rings. The Morgan fingerprint density at radius 1 is 1.17 bits per heavy atom. The quantitative estimate of drug-likeness (QED) is 0.604. The average Bonchev–Trinajstić information content (AvgIpc) is 2.64. The largest absolute Gasteiger partial charge is 0.313 e. The molecule has 1 aliphatic carbocycles. The first-order chi connectivity index (χ1) is 8.74. The summed E-state index contributed by atoms with van der Waals surface area (Å²) in [6.07, 6.45) is 8.44. The van der Waals surface area contributed by atoms with Crippen molar-refractivity contribution >= 4 is 22.6 Å². The third-order valence-corrected chi connectivity index (χ3v) is 5.71. The van der Waals surface area contributed by atoms with Gasteiger partial charge in [0, 0.05) is 9.61 Å². The van der Waals surface area contributed by atoms with Crippen LogP contribution in [0.25, 0.3) is 0 Å². The van der Waals surface area contributed by atoms with Crippen LogP contribution in [0.2, 0.25) is 0 Å². The molecule has 1 nitrogen and oxygen atoms in total. The second-order valence-corrected chi connectivity index (χ2v) is 6.57. The summed E-state index contributed by atoms with van der Waals surface area (Å²) in [5.41, 5.74) is 2.91. The van der Waals surface area contributed by atoms with E-state index in [2.05, 4.69) is 60.1 Å². The Bertz CT molecular complexity index is 381. The molecule has 0 heterocycles. The van der Waals surface area contributed by atoms with Crippen LogP contribution in [0.15, 0.2) is 18.2 Å². The normalized spacial score (nSPS) is 19.5. The predicted molar refractivity (Wildman–Crippen MR) is 86.9 cm³/mol. The molecule has 2 rings (SSSR count). The van der Waals surface area contributed by atoms with Gasteiger partial charge >= 0.3 is 0 Å². The Balaban J connectivity index is 2.23. The third kappa shape index (κ3) is 3.27. The van der Waals surface area contributed by atoms with Crippen molar-refractivity contribution in [2.75, 3.05) is 7.05 Å². The van der Waals surface area contributed by atoms with E-state index in [4.69, 9.17) is 0 Å². The molecule has 0 aliphatic heterocycles.